The van der Waals surface area contributed by atoms with Crippen LogP contribution in [0.2, 0.25) is 0 Å². The molecular formula is C12H23I. The Morgan fingerprint density at radius 2 is 1.38 bits per heavy atom. The van der Waals surface area contributed by atoms with E-state index in [-0.39, 0.29) is 0 Å². The summed E-state index contributed by atoms with van der Waals surface area (Å²) in [6.07, 6.45) is 14.9. The number of halogens is 1. The fourth-order valence-electron chi connectivity index (χ4n) is 1.46. The van der Waals surface area contributed by atoms with Gasteiger partial charge in [0.25, 0.3) is 0 Å². The summed E-state index contributed by atoms with van der Waals surface area (Å²) >= 11 is 2.29. The zero-order valence-corrected chi connectivity index (χ0v) is 11.1. The molecule has 0 aliphatic heterocycles. The first-order chi connectivity index (χ1) is 6.41. The molecule has 0 saturated heterocycles. The van der Waals surface area contributed by atoms with Crippen molar-refractivity contribution in [1.29, 1.82) is 0 Å². The Bertz CT molecular complexity index is 108. The molecule has 0 aromatic carbocycles. The minimum atomic E-state index is 1.28. The second-order valence-corrected chi connectivity index (χ2v) is 4.34. The first-order valence-corrected chi connectivity index (χ1v) is 6.91. The largest absolute Gasteiger partial charge is 0.0785 e. The summed E-state index contributed by atoms with van der Waals surface area (Å²) in [4.78, 5) is 0. The average molecular weight is 294 g/mol. The van der Waals surface area contributed by atoms with E-state index in [2.05, 4.69) is 39.7 Å². The highest BCUT2D eigenvalue weighted by Gasteiger charge is 1.89. The summed E-state index contributed by atoms with van der Waals surface area (Å²) in [6, 6.07) is 0. The number of allylic oxidation sites excluding steroid dienone is 1. The van der Waals surface area contributed by atoms with Crippen LogP contribution < -0.4 is 0 Å². The zero-order valence-electron chi connectivity index (χ0n) is 8.90. The van der Waals surface area contributed by atoms with Gasteiger partial charge in [-0.05, 0) is 16.9 Å². The lowest BCUT2D eigenvalue weighted by molar-refractivity contribution is 0.578. The lowest BCUT2D eigenvalue weighted by Crippen LogP contribution is -1.79. The summed E-state index contributed by atoms with van der Waals surface area (Å²) in [5.74, 6) is 0. The van der Waals surface area contributed by atoms with E-state index in [4.69, 9.17) is 0 Å². The van der Waals surface area contributed by atoms with E-state index in [1.807, 2.05) is 0 Å². The van der Waals surface area contributed by atoms with Crippen molar-refractivity contribution in [2.24, 2.45) is 0 Å². The average Bonchev–Trinajstić information content (AvgIpc) is 2.16. The van der Waals surface area contributed by atoms with Crippen molar-refractivity contribution in [3.63, 3.8) is 0 Å². The van der Waals surface area contributed by atoms with E-state index in [9.17, 15) is 0 Å². The minimum Gasteiger partial charge on any atom is -0.0785 e. The predicted octanol–water partition coefficient (Wildman–Crippen LogP) is 5.47. The molecule has 78 valence electrons. The molecule has 0 atom stereocenters. The van der Waals surface area contributed by atoms with Crippen LogP contribution in [0.1, 0.15) is 64.7 Å². The lowest BCUT2D eigenvalue weighted by atomic mass is 10.1. The van der Waals surface area contributed by atoms with E-state index in [1.54, 1.807) is 0 Å². The van der Waals surface area contributed by atoms with Crippen LogP contribution in [-0.2, 0) is 0 Å². The summed E-state index contributed by atoms with van der Waals surface area (Å²) in [5.41, 5.74) is 0. The van der Waals surface area contributed by atoms with Crippen LogP contribution in [0.15, 0.2) is 10.2 Å². The van der Waals surface area contributed by atoms with Gasteiger partial charge in [-0.2, -0.15) is 0 Å². The van der Waals surface area contributed by atoms with Crippen molar-refractivity contribution in [1.82, 2.24) is 0 Å². The standard InChI is InChI=1S/C12H23I/c1-2-3-4-5-6-7-8-9-10-11-12-13/h11-12H,2-10H2,1H3. The highest BCUT2D eigenvalue weighted by atomic mass is 127. The number of hydrogen-bond acceptors (Lipinski definition) is 0. The highest BCUT2D eigenvalue weighted by Crippen LogP contribution is 2.09. The maximum Gasteiger partial charge on any atom is -0.0274 e. The van der Waals surface area contributed by atoms with Gasteiger partial charge in [-0.1, -0.05) is 80.5 Å². The lowest BCUT2D eigenvalue weighted by Gasteiger charge is -1.99. The van der Waals surface area contributed by atoms with Gasteiger partial charge >= 0.3 is 0 Å². The Morgan fingerprint density at radius 1 is 0.846 bits per heavy atom. The van der Waals surface area contributed by atoms with E-state index < -0.39 is 0 Å². The Balaban J connectivity index is 2.83. The molecule has 0 radical (unpaired) electrons. The molecule has 0 amide bonds. The molecule has 0 aromatic rings. The van der Waals surface area contributed by atoms with Crippen LogP contribution >= 0.6 is 22.6 Å². The Labute approximate surface area is 97.3 Å². The molecule has 0 aliphatic carbocycles. The quantitative estimate of drug-likeness (QED) is 0.391. The molecule has 0 unspecified atom stereocenters. The van der Waals surface area contributed by atoms with E-state index in [0.29, 0.717) is 0 Å². The van der Waals surface area contributed by atoms with Crippen LogP contribution in [0, 0.1) is 0 Å². The van der Waals surface area contributed by atoms with Gasteiger partial charge in [0, 0.05) is 0 Å². The Hall–Kier alpha value is 0.470. The minimum absolute atomic E-state index is 1.28. The Morgan fingerprint density at radius 3 is 1.92 bits per heavy atom. The molecule has 0 fully saturated rings. The third kappa shape index (κ3) is 12.5. The summed E-state index contributed by atoms with van der Waals surface area (Å²) < 4.78 is 2.12. The van der Waals surface area contributed by atoms with E-state index >= 15 is 0 Å². The molecule has 0 aromatic heterocycles. The van der Waals surface area contributed by atoms with Gasteiger partial charge in [0.05, 0.1) is 0 Å². The molecule has 0 spiro atoms. The normalized spacial score (nSPS) is 11.2. The van der Waals surface area contributed by atoms with Crippen molar-refractivity contribution in [3.05, 3.63) is 10.2 Å². The molecule has 0 bridgehead atoms. The molecule has 0 saturated carbocycles. The summed E-state index contributed by atoms with van der Waals surface area (Å²) in [6.45, 7) is 2.27. The van der Waals surface area contributed by atoms with Gasteiger partial charge in [0.2, 0.25) is 0 Å². The monoisotopic (exact) mass is 294 g/mol. The van der Waals surface area contributed by atoms with Crippen molar-refractivity contribution in [2.75, 3.05) is 0 Å². The second kappa shape index (κ2) is 12.5. The van der Waals surface area contributed by atoms with Crippen molar-refractivity contribution in [2.45, 2.75) is 64.7 Å². The predicted molar refractivity (Wildman–Crippen MR) is 70.4 cm³/mol. The molecule has 0 N–H and O–H groups in total. The number of rotatable bonds is 9. The molecule has 0 heterocycles. The first kappa shape index (κ1) is 13.5. The third-order valence-electron chi connectivity index (χ3n) is 2.31. The fourth-order valence-corrected chi connectivity index (χ4v) is 1.82. The second-order valence-electron chi connectivity index (χ2n) is 3.63. The fraction of sp³-hybridized carbons (Fsp3) is 0.833. The van der Waals surface area contributed by atoms with Gasteiger partial charge in [-0.15, -0.1) is 0 Å². The van der Waals surface area contributed by atoms with Crippen LogP contribution in [0.4, 0.5) is 0 Å². The van der Waals surface area contributed by atoms with Crippen LogP contribution in [0.3, 0.4) is 0 Å². The summed E-state index contributed by atoms with van der Waals surface area (Å²) in [7, 11) is 0. The van der Waals surface area contributed by atoms with Gasteiger partial charge < -0.3 is 0 Å². The first-order valence-electron chi connectivity index (χ1n) is 5.67. The van der Waals surface area contributed by atoms with Gasteiger partial charge in [-0.3, -0.25) is 0 Å². The number of unbranched alkanes of at least 4 members (excludes halogenated alkanes) is 8. The number of hydrogen-bond donors (Lipinski definition) is 0. The SMILES string of the molecule is CCCCCCCCCCC=CI. The van der Waals surface area contributed by atoms with Gasteiger partial charge in [-0.25, -0.2) is 0 Å². The molecule has 13 heavy (non-hydrogen) atoms. The smallest absolute Gasteiger partial charge is 0.0274 e. The molecule has 0 nitrogen and oxygen atoms in total. The molecule has 0 rings (SSSR count). The van der Waals surface area contributed by atoms with Crippen LogP contribution in [0.5, 0.6) is 0 Å². The van der Waals surface area contributed by atoms with Gasteiger partial charge in [0.1, 0.15) is 0 Å². The maximum atomic E-state index is 2.29. The van der Waals surface area contributed by atoms with Crippen molar-refractivity contribution in [3.8, 4) is 0 Å². The molecule has 0 aliphatic rings. The highest BCUT2D eigenvalue weighted by molar-refractivity contribution is 14.1. The topological polar surface area (TPSA) is 0 Å². The zero-order chi connectivity index (χ0) is 9.78. The Kier molecular flexibility index (Phi) is 12.9. The van der Waals surface area contributed by atoms with Crippen molar-refractivity contribution >= 4 is 22.6 Å². The third-order valence-corrected chi connectivity index (χ3v) is 2.82. The molecule has 1 heteroatoms. The summed E-state index contributed by atoms with van der Waals surface area (Å²) in [5, 5.41) is 0. The van der Waals surface area contributed by atoms with Crippen LogP contribution in [-0.4, -0.2) is 0 Å². The maximum absolute atomic E-state index is 2.29. The van der Waals surface area contributed by atoms with Crippen molar-refractivity contribution < 1.29 is 0 Å². The van der Waals surface area contributed by atoms with Crippen LogP contribution in [0.25, 0.3) is 0 Å². The van der Waals surface area contributed by atoms with E-state index in [1.165, 1.54) is 57.8 Å². The van der Waals surface area contributed by atoms with E-state index in [0.717, 1.165) is 0 Å². The molecular weight excluding hydrogens is 271 g/mol. The van der Waals surface area contributed by atoms with Gasteiger partial charge in [0.15, 0.2) is 0 Å².